The molecule has 0 amide bonds. The summed E-state index contributed by atoms with van der Waals surface area (Å²) in [6.45, 7) is 0. The highest BCUT2D eigenvalue weighted by molar-refractivity contribution is 7.27. The number of fused-ring (bicyclic) bond motifs is 24. The number of benzene rings is 18. The number of thiophene rings is 2. The van der Waals surface area contributed by atoms with Crippen LogP contribution in [0.3, 0.4) is 0 Å². The van der Waals surface area contributed by atoms with Crippen LogP contribution in [-0.2, 0) is 0 Å². The third-order valence-electron chi connectivity index (χ3n) is 22.6. The molecule has 0 saturated heterocycles. The molecule has 0 spiro atoms. The van der Waals surface area contributed by atoms with Crippen molar-refractivity contribution >= 4 is 193 Å². The lowest BCUT2D eigenvalue weighted by atomic mass is 9.99. The molecule has 492 valence electrons. The summed E-state index contributed by atoms with van der Waals surface area (Å²) in [4.78, 5) is 0. The maximum Gasteiger partial charge on any atom is 0.0556 e. The van der Waals surface area contributed by atoms with Crippen molar-refractivity contribution in [3.8, 4) is 45.0 Å². The van der Waals surface area contributed by atoms with E-state index >= 15 is 0 Å². The van der Waals surface area contributed by atoms with Crippen LogP contribution in [0.25, 0.3) is 216 Å². The van der Waals surface area contributed by atoms with Gasteiger partial charge in [-0.05, 0) is 182 Å². The van der Waals surface area contributed by atoms with Gasteiger partial charge in [-0.3, -0.25) is 0 Å². The summed E-state index contributed by atoms with van der Waals surface area (Å²) in [6, 6.07) is 134. The van der Waals surface area contributed by atoms with Crippen LogP contribution in [0.1, 0.15) is 0 Å². The highest BCUT2D eigenvalue weighted by Crippen LogP contribution is 2.49. The molecule has 0 N–H and O–H groups in total. The molecule has 0 aliphatic rings. The molecule has 24 rings (SSSR count). The summed E-state index contributed by atoms with van der Waals surface area (Å²) < 4.78 is 15.1. The molecule has 18 aromatic carbocycles. The fourth-order valence-corrected chi connectivity index (χ4v) is 20.2. The van der Waals surface area contributed by atoms with Crippen molar-refractivity contribution in [3.05, 3.63) is 364 Å². The molecular formula is C100H60N4S2. The minimum atomic E-state index is 1.18. The van der Waals surface area contributed by atoms with Gasteiger partial charge in [-0.1, -0.05) is 237 Å². The topological polar surface area (TPSA) is 19.7 Å². The molecule has 0 aliphatic heterocycles. The average molecular weight is 1380 g/mol. The van der Waals surface area contributed by atoms with Crippen LogP contribution in [0.4, 0.5) is 0 Å². The van der Waals surface area contributed by atoms with Crippen molar-refractivity contribution in [2.75, 3.05) is 0 Å². The Labute approximate surface area is 616 Å². The van der Waals surface area contributed by atoms with Crippen LogP contribution in [0.15, 0.2) is 364 Å². The van der Waals surface area contributed by atoms with Gasteiger partial charge in [-0.15, -0.1) is 22.7 Å². The number of aromatic nitrogens is 4. The first-order chi connectivity index (χ1) is 52.6. The van der Waals surface area contributed by atoms with Gasteiger partial charge < -0.3 is 18.3 Å². The molecular weight excluding hydrogens is 1320 g/mol. The molecule has 4 nitrogen and oxygen atoms in total. The smallest absolute Gasteiger partial charge is 0.0556 e. The van der Waals surface area contributed by atoms with Gasteiger partial charge in [-0.25, -0.2) is 0 Å². The van der Waals surface area contributed by atoms with E-state index in [2.05, 4.69) is 382 Å². The zero-order valence-electron chi connectivity index (χ0n) is 57.2. The molecule has 0 atom stereocenters. The van der Waals surface area contributed by atoms with Gasteiger partial charge in [0.05, 0.1) is 55.5 Å². The van der Waals surface area contributed by atoms with E-state index in [0.29, 0.717) is 0 Å². The number of hydrogen-bond donors (Lipinski definition) is 0. The van der Waals surface area contributed by atoms with E-state index in [1.54, 1.807) is 0 Å². The van der Waals surface area contributed by atoms with Gasteiger partial charge in [-0.2, -0.15) is 0 Å². The molecule has 0 saturated carbocycles. The Hall–Kier alpha value is -13.4. The first-order valence-corrected chi connectivity index (χ1v) is 38.0. The van der Waals surface area contributed by atoms with Crippen LogP contribution in [0.5, 0.6) is 0 Å². The fraction of sp³-hybridized carbons (Fsp3) is 0. The van der Waals surface area contributed by atoms with E-state index < -0.39 is 0 Å². The largest absolute Gasteiger partial charge is 0.309 e. The zero-order valence-corrected chi connectivity index (χ0v) is 58.9. The van der Waals surface area contributed by atoms with Crippen LogP contribution < -0.4 is 0 Å². The lowest BCUT2D eigenvalue weighted by molar-refractivity contribution is 1.19. The van der Waals surface area contributed by atoms with Crippen molar-refractivity contribution in [2.45, 2.75) is 0 Å². The van der Waals surface area contributed by atoms with Crippen LogP contribution in [0, 0.1) is 0 Å². The fourth-order valence-electron chi connectivity index (χ4n) is 17.8. The van der Waals surface area contributed by atoms with Gasteiger partial charge in [0, 0.05) is 106 Å². The van der Waals surface area contributed by atoms with Gasteiger partial charge in [0.25, 0.3) is 0 Å². The van der Waals surface area contributed by atoms with Crippen molar-refractivity contribution in [3.63, 3.8) is 0 Å². The Morgan fingerprint density at radius 3 is 1.08 bits per heavy atom. The summed E-state index contributed by atoms with van der Waals surface area (Å²) in [5.41, 5.74) is 19.4. The number of nitrogens with zero attached hydrogens (tertiary/aromatic N) is 4. The van der Waals surface area contributed by atoms with Crippen molar-refractivity contribution in [1.29, 1.82) is 0 Å². The number of rotatable bonds is 6. The summed E-state index contributed by atoms with van der Waals surface area (Å²) in [5.74, 6) is 0. The quantitative estimate of drug-likeness (QED) is 0.158. The van der Waals surface area contributed by atoms with Gasteiger partial charge >= 0.3 is 0 Å². The lowest BCUT2D eigenvalue weighted by Gasteiger charge is -2.12. The van der Waals surface area contributed by atoms with Crippen LogP contribution in [0.2, 0.25) is 0 Å². The zero-order chi connectivity index (χ0) is 69.2. The normalized spacial score (nSPS) is 12.2. The maximum absolute atomic E-state index is 2.49. The van der Waals surface area contributed by atoms with E-state index in [0.717, 1.165) is 0 Å². The molecule has 0 fully saturated rings. The molecule has 106 heavy (non-hydrogen) atoms. The first-order valence-electron chi connectivity index (χ1n) is 36.4. The Morgan fingerprint density at radius 1 is 0.170 bits per heavy atom. The molecule has 0 unspecified atom stereocenters. The maximum atomic E-state index is 2.49. The SMILES string of the molecule is c1ccc2cc(-n3c4ccccc4c4cc(-c5ccc6c(c5)c5c7c(ccc5n6-c5cccc6ccccc56)sc5ccccc57)ccc43)ccc2c1.c1ccc2cc(-n3c4ccccc4c4cc(-c5ccc6c(c5)c5c7sc8ccccc8c7ccc5n6-c5cccc6ccccc56)ccc43)ccc2c1. The molecule has 0 radical (unpaired) electrons. The second-order valence-corrected chi connectivity index (χ2v) is 30.4. The van der Waals surface area contributed by atoms with Gasteiger partial charge in [0.2, 0.25) is 0 Å². The highest BCUT2D eigenvalue weighted by atomic mass is 32.1. The Kier molecular flexibility index (Phi) is 12.9. The monoisotopic (exact) mass is 1380 g/mol. The number of hydrogen-bond acceptors (Lipinski definition) is 2. The second-order valence-electron chi connectivity index (χ2n) is 28.2. The van der Waals surface area contributed by atoms with Crippen molar-refractivity contribution < 1.29 is 0 Å². The Balaban J connectivity index is 0.000000129. The van der Waals surface area contributed by atoms with Crippen LogP contribution >= 0.6 is 22.7 Å². The van der Waals surface area contributed by atoms with E-state index in [1.165, 1.54) is 216 Å². The van der Waals surface area contributed by atoms with Crippen LogP contribution in [-0.4, -0.2) is 18.3 Å². The van der Waals surface area contributed by atoms with E-state index in [4.69, 9.17) is 0 Å². The van der Waals surface area contributed by atoms with Crippen molar-refractivity contribution in [2.24, 2.45) is 0 Å². The Bertz CT molecular complexity index is 7840. The minimum absolute atomic E-state index is 1.18. The molecule has 0 bridgehead atoms. The van der Waals surface area contributed by atoms with Crippen molar-refractivity contribution in [1.82, 2.24) is 18.3 Å². The van der Waals surface area contributed by atoms with E-state index in [-0.39, 0.29) is 0 Å². The van der Waals surface area contributed by atoms with E-state index in [1.807, 2.05) is 22.7 Å². The molecule has 0 aliphatic carbocycles. The predicted octanol–water partition coefficient (Wildman–Crippen LogP) is 28.4. The summed E-state index contributed by atoms with van der Waals surface area (Å²) in [7, 11) is 0. The third kappa shape index (κ3) is 8.86. The standard InChI is InChI=1S/2C50H30N2S/c1-2-12-33-28-36(23-20-31(33)10-1)51-44-17-7-5-15-38(44)41-29-34(21-25-45(41)51)35-22-26-46-42(30-35)49-47(27-24-40-39-16-6-8-19-48(39)53-50(40)49)52(46)43-18-9-13-32-11-3-4-14-37(32)43;1-2-12-33-28-36(23-20-31(33)10-1)51-43-17-7-5-15-38(43)40-29-34(21-24-44(40)51)35-22-25-45-41(30-35)49-46(26-27-48-50(49)39-16-6-8-19-47(39)53-48)52(45)42-18-9-13-32-11-3-4-14-37(32)42/h2*1-30H. The first kappa shape index (κ1) is 59.2. The van der Waals surface area contributed by atoms with Gasteiger partial charge in [0.1, 0.15) is 0 Å². The lowest BCUT2D eigenvalue weighted by Crippen LogP contribution is -1.95. The molecule has 6 heterocycles. The second kappa shape index (κ2) is 23.1. The minimum Gasteiger partial charge on any atom is -0.309 e. The Morgan fingerprint density at radius 2 is 0.547 bits per heavy atom. The molecule has 6 aromatic heterocycles. The van der Waals surface area contributed by atoms with E-state index in [9.17, 15) is 0 Å². The summed E-state index contributed by atoms with van der Waals surface area (Å²) in [6.07, 6.45) is 0. The molecule has 6 heteroatoms. The molecule has 24 aromatic rings. The third-order valence-corrected chi connectivity index (χ3v) is 24.9. The predicted molar refractivity (Wildman–Crippen MR) is 457 cm³/mol. The summed E-state index contributed by atoms with van der Waals surface area (Å²) in [5, 5.41) is 25.5. The van der Waals surface area contributed by atoms with Gasteiger partial charge in [0.15, 0.2) is 0 Å². The number of para-hydroxylation sites is 2. The average Bonchev–Trinajstić information content (AvgIpc) is 1.56. The summed E-state index contributed by atoms with van der Waals surface area (Å²) >= 11 is 3.79. The highest BCUT2D eigenvalue weighted by Gasteiger charge is 2.24.